The van der Waals surface area contributed by atoms with E-state index in [0.29, 0.717) is 36.7 Å². The van der Waals surface area contributed by atoms with E-state index in [1.54, 1.807) is 24.3 Å². The molecular formula is C19H26ClN3O4S. The van der Waals surface area contributed by atoms with Gasteiger partial charge in [0.05, 0.1) is 11.5 Å². The molecule has 0 saturated heterocycles. The fourth-order valence-electron chi connectivity index (χ4n) is 2.33. The molecule has 2 aromatic rings. The van der Waals surface area contributed by atoms with Gasteiger partial charge in [0.25, 0.3) is 15.9 Å². The molecule has 0 saturated carbocycles. The smallest absolute Gasteiger partial charge is 0.261 e. The monoisotopic (exact) mass is 427 g/mol. The lowest BCUT2D eigenvalue weighted by atomic mass is 10.2. The number of halogens is 1. The summed E-state index contributed by atoms with van der Waals surface area (Å²) in [7, 11) is -3.74. The van der Waals surface area contributed by atoms with Crippen LogP contribution in [0.25, 0.3) is 0 Å². The van der Waals surface area contributed by atoms with Crippen LogP contribution in [0.1, 0.15) is 24.2 Å². The molecule has 0 fully saturated rings. The van der Waals surface area contributed by atoms with Gasteiger partial charge in [0.1, 0.15) is 5.75 Å². The first-order chi connectivity index (χ1) is 13.0. The average Bonchev–Trinajstić information content (AvgIpc) is 2.67. The molecule has 0 bridgehead atoms. The van der Waals surface area contributed by atoms with Gasteiger partial charge < -0.3 is 15.4 Å². The summed E-state index contributed by atoms with van der Waals surface area (Å²) in [5.41, 5.74) is 0.843. The molecule has 1 amide bonds. The normalized spacial score (nSPS) is 10.6. The van der Waals surface area contributed by atoms with Crippen molar-refractivity contribution >= 4 is 34.0 Å². The molecule has 9 heteroatoms. The molecule has 7 nitrogen and oxygen atoms in total. The predicted octanol–water partition coefficient (Wildman–Crippen LogP) is 2.65. The molecule has 0 atom stereocenters. The summed E-state index contributed by atoms with van der Waals surface area (Å²) >= 11 is 0. The molecule has 0 unspecified atom stereocenters. The number of sulfonamides is 1. The number of carbonyl (C=O) groups is 1. The van der Waals surface area contributed by atoms with Crippen molar-refractivity contribution in [1.82, 2.24) is 10.6 Å². The zero-order valence-electron chi connectivity index (χ0n) is 15.9. The Labute approximate surface area is 172 Å². The Kier molecular flexibility index (Phi) is 9.78. The molecule has 0 aromatic heterocycles. The number of hydrogen-bond donors (Lipinski definition) is 3. The number of hydrogen-bond acceptors (Lipinski definition) is 5. The highest BCUT2D eigenvalue weighted by Crippen LogP contribution is 2.20. The summed E-state index contributed by atoms with van der Waals surface area (Å²) in [6.07, 6.45) is 0. The molecule has 0 aliphatic rings. The number of carbonyl (C=O) groups excluding carboxylic acids is 1. The second-order valence-corrected chi connectivity index (χ2v) is 7.38. The molecule has 2 rings (SSSR count). The van der Waals surface area contributed by atoms with Gasteiger partial charge in [-0.3, -0.25) is 9.52 Å². The van der Waals surface area contributed by atoms with Gasteiger partial charge in [0.2, 0.25) is 0 Å². The van der Waals surface area contributed by atoms with Gasteiger partial charge >= 0.3 is 0 Å². The van der Waals surface area contributed by atoms with Crippen molar-refractivity contribution in [2.75, 3.05) is 31.0 Å². The minimum atomic E-state index is -3.74. The molecule has 28 heavy (non-hydrogen) atoms. The van der Waals surface area contributed by atoms with E-state index in [1.807, 2.05) is 13.8 Å². The minimum Gasteiger partial charge on any atom is -0.494 e. The summed E-state index contributed by atoms with van der Waals surface area (Å²) in [4.78, 5) is 12.1. The quantitative estimate of drug-likeness (QED) is 0.506. The highest BCUT2D eigenvalue weighted by molar-refractivity contribution is 7.92. The topological polar surface area (TPSA) is 96.5 Å². The van der Waals surface area contributed by atoms with Gasteiger partial charge in [-0.25, -0.2) is 8.42 Å². The predicted molar refractivity (Wildman–Crippen MR) is 113 cm³/mol. The van der Waals surface area contributed by atoms with Crippen molar-refractivity contribution in [3.05, 3.63) is 54.1 Å². The summed E-state index contributed by atoms with van der Waals surface area (Å²) in [5, 5.41) is 5.88. The highest BCUT2D eigenvalue weighted by atomic mass is 35.5. The molecule has 2 aromatic carbocycles. The first-order valence-corrected chi connectivity index (χ1v) is 10.3. The maximum absolute atomic E-state index is 12.5. The van der Waals surface area contributed by atoms with Crippen LogP contribution in [0.5, 0.6) is 5.75 Å². The summed E-state index contributed by atoms with van der Waals surface area (Å²) in [6.45, 7) is 6.43. The molecule has 154 valence electrons. The minimum absolute atomic E-state index is 0. The number of amides is 1. The molecule has 0 spiro atoms. The van der Waals surface area contributed by atoms with Gasteiger partial charge in [-0.15, -0.1) is 12.4 Å². The number of rotatable bonds is 10. The van der Waals surface area contributed by atoms with Crippen molar-refractivity contribution < 1.29 is 17.9 Å². The third-order valence-corrected chi connectivity index (χ3v) is 5.08. The molecule has 0 heterocycles. The van der Waals surface area contributed by atoms with E-state index in [4.69, 9.17) is 4.74 Å². The Morgan fingerprint density at radius 3 is 2.18 bits per heavy atom. The van der Waals surface area contributed by atoms with E-state index in [2.05, 4.69) is 15.4 Å². The second kappa shape index (κ2) is 11.5. The standard InChI is InChI=1S/C19H25N3O4S.ClH/c1-3-20-13-14-21-19(23)15-5-11-18(12-6-15)27(24,25)22-16-7-9-17(10-8-16)26-4-2;/h5-12,20,22H,3-4,13-14H2,1-2H3,(H,21,23);1H. The van der Waals surface area contributed by atoms with Crippen LogP contribution in [0.4, 0.5) is 5.69 Å². The maximum atomic E-state index is 12.5. The highest BCUT2D eigenvalue weighted by Gasteiger charge is 2.15. The van der Waals surface area contributed by atoms with Crippen molar-refractivity contribution in [1.29, 1.82) is 0 Å². The maximum Gasteiger partial charge on any atom is 0.261 e. The Bertz CT molecular complexity index is 840. The third kappa shape index (κ3) is 7.03. The number of benzene rings is 2. The van der Waals surface area contributed by atoms with Gasteiger partial charge in [0.15, 0.2) is 0 Å². The van der Waals surface area contributed by atoms with Crippen LogP contribution in [0, 0.1) is 0 Å². The molecule has 0 radical (unpaired) electrons. The molecule has 0 aliphatic heterocycles. The summed E-state index contributed by atoms with van der Waals surface area (Å²) < 4.78 is 32.8. The van der Waals surface area contributed by atoms with Crippen LogP contribution in [-0.4, -0.2) is 40.6 Å². The Hall–Kier alpha value is -2.29. The van der Waals surface area contributed by atoms with E-state index in [9.17, 15) is 13.2 Å². The fourth-order valence-corrected chi connectivity index (χ4v) is 3.39. The zero-order valence-corrected chi connectivity index (χ0v) is 17.5. The van der Waals surface area contributed by atoms with Crippen LogP contribution in [0.2, 0.25) is 0 Å². The van der Waals surface area contributed by atoms with Crippen molar-refractivity contribution in [3.8, 4) is 5.75 Å². The zero-order chi connectivity index (χ0) is 19.7. The SMILES string of the molecule is CCNCCNC(=O)c1ccc(S(=O)(=O)Nc2ccc(OCC)cc2)cc1.Cl. The van der Waals surface area contributed by atoms with E-state index in [1.165, 1.54) is 24.3 Å². The van der Waals surface area contributed by atoms with E-state index >= 15 is 0 Å². The fraction of sp³-hybridized carbons (Fsp3) is 0.316. The summed E-state index contributed by atoms with van der Waals surface area (Å²) in [5.74, 6) is 0.432. The van der Waals surface area contributed by atoms with Gasteiger partial charge in [-0.05, 0) is 62.0 Å². The number of ether oxygens (including phenoxy) is 1. The van der Waals surface area contributed by atoms with Gasteiger partial charge in [0, 0.05) is 24.3 Å². The third-order valence-electron chi connectivity index (χ3n) is 3.68. The number of anilines is 1. The van der Waals surface area contributed by atoms with Crippen molar-refractivity contribution in [3.63, 3.8) is 0 Å². The molecule has 3 N–H and O–H groups in total. The van der Waals surface area contributed by atoms with Gasteiger partial charge in [-0.1, -0.05) is 6.92 Å². The lowest BCUT2D eigenvalue weighted by Gasteiger charge is -2.10. The van der Waals surface area contributed by atoms with Gasteiger partial charge in [-0.2, -0.15) is 0 Å². The average molecular weight is 428 g/mol. The Morgan fingerprint density at radius 1 is 0.964 bits per heavy atom. The lowest BCUT2D eigenvalue weighted by molar-refractivity contribution is 0.0954. The first kappa shape index (κ1) is 23.7. The van der Waals surface area contributed by atoms with Crippen molar-refractivity contribution in [2.24, 2.45) is 0 Å². The Morgan fingerprint density at radius 2 is 1.61 bits per heavy atom. The largest absolute Gasteiger partial charge is 0.494 e. The van der Waals surface area contributed by atoms with Crippen LogP contribution in [0.15, 0.2) is 53.4 Å². The molecule has 0 aliphatic carbocycles. The first-order valence-electron chi connectivity index (χ1n) is 8.81. The van der Waals surface area contributed by atoms with E-state index < -0.39 is 10.0 Å². The second-order valence-electron chi connectivity index (χ2n) is 5.70. The summed E-state index contributed by atoms with van der Waals surface area (Å²) in [6, 6.07) is 12.5. The van der Waals surface area contributed by atoms with E-state index in [-0.39, 0.29) is 23.2 Å². The van der Waals surface area contributed by atoms with Crippen molar-refractivity contribution in [2.45, 2.75) is 18.7 Å². The lowest BCUT2D eigenvalue weighted by Crippen LogP contribution is -2.31. The number of nitrogens with one attached hydrogen (secondary N) is 3. The number of likely N-dealkylation sites (N-methyl/N-ethyl adjacent to an activating group) is 1. The molecular weight excluding hydrogens is 402 g/mol. The van der Waals surface area contributed by atoms with Crippen LogP contribution < -0.4 is 20.1 Å². The Balaban J connectivity index is 0.00000392. The van der Waals surface area contributed by atoms with Crippen LogP contribution in [0.3, 0.4) is 0 Å². The van der Waals surface area contributed by atoms with Crippen LogP contribution >= 0.6 is 12.4 Å². The van der Waals surface area contributed by atoms with Crippen LogP contribution in [-0.2, 0) is 10.0 Å². The van der Waals surface area contributed by atoms with E-state index in [0.717, 1.165) is 6.54 Å².